The Kier molecular flexibility index (Phi) is 8.40. The number of piperidine rings is 1. The number of likely N-dealkylation sites (tertiary alicyclic amines) is 1. The highest BCUT2D eigenvalue weighted by atomic mass is 35.5. The highest BCUT2D eigenvalue weighted by Crippen LogP contribution is 2.31. The summed E-state index contributed by atoms with van der Waals surface area (Å²) in [6, 6.07) is 5.22. The zero-order valence-electron chi connectivity index (χ0n) is 18.4. The molecule has 1 aromatic rings. The number of amides is 1. The Bertz CT molecular complexity index is 704. The highest BCUT2D eigenvalue weighted by molar-refractivity contribution is 6.32. The maximum Gasteiger partial charge on any atom is 0.251 e. The SMILES string of the molecule is COCCNC(=O)c1ccc(OC2CCN(CC3CCOC(C)(C)C3)CC2)c(Cl)c1. The molecule has 0 saturated carbocycles. The lowest BCUT2D eigenvalue weighted by Gasteiger charge is -2.39. The summed E-state index contributed by atoms with van der Waals surface area (Å²) in [5.41, 5.74) is 0.533. The van der Waals surface area contributed by atoms with Gasteiger partial charge in [0.1, 0.15) is 11.9 Å². The van der Waals surface area contributed by atoms with Crippen LogP contribution < -0.4 is 10.1 Å². The molecule has 0 spiro atoms. The molecule has 2 heterocycles. The molecule has 7 heteroatoms. The van der Waals surface area contributed by atoms with E-state index in [-0.39, 0.29) is 17.6 Å². The Morgan fingerprint density at radius 2 is 2.07 bits per heavy atom. The fourth-order valence-electron chi connectivity index (χ4n) is 4.37. The molecule has 0 bridgehead atoms. The van der Waals surface area contributed by atoms with Gasteiger partial charge in [-0.1, -0.05) is 11.6 Å². The molecular weight excluding hydrogens is 404 g/mol. The van der Waals surface area contributed by atoms with Crippen LogP contribution >= 0.6 is 11.6 Å². The zero-order valence-corrected chi connectivity index (χ0v) is 19.2. The van der Waals surface area contributed by atoms with E-state index in [2.05, 4.69) is 24.1 Å². The first-order valence-electron chi connectivity index (χ1n) is 11.0. The van der Waals surface area contributed by atoms with Gasteiger partial charge in [-0.15, -0.1) is 0 Å². The van der Waals surface area contributed by atoms with Crippen molar-refractivity contribution in [2.45, 2.75) is 51.2 Å². The lowest BCUT2D eigenvalue weighted by Crippen LogP contribution is -2.44. The Morgan fingerprint density at radius 1 is 1.30 bits per heavy atom. The van der Waals surface area contributed by atoms with Gasteiger partial charge in [-0.2, -0.15) is 0 Å². The van der Waals surface area contributed by atoms with Gasteiger partial charge in [0.25, 0.3) is 5.91 Å². The number of methoxy groups -OCH3 is 1. The Morgan fingerprint density at radius 3 is 2.73 bits per heavy atom. The summed E-state index contributed by atoms with van der Waals surface area (Å²) in [5.74, 6) is 1.20. The second-order valence-corrected chi connectivity index (χ2v) is 9.39. The smallest absolute Gasteiger partial charge is 0.251 e. The molecule has 30 heavy (non-hydrogen) atoms. The largest absolute Gasteiger partial charge is 0.489 e. The maximum absolute atomic E-state index is 12.1. The van der Waals surface area contributed by atoms with Crippen LogP contribution in [0.5, 0.6) is 5.75 Å². The Labute approximate surface area is 185 Å². The average Bonchev–Trinajstić information content (AvgIpc) is 2.70. The molecule has 1 unspecified atom stereocenters. The minimum absolute atomic E-state index is 0.00788. The summed E-state index contributed by atoms with van der Waals surface area (Å²) in [7, 11) is 1.60. The minimum atomic E-state index is -0.162. The fraction of sp³-hybridized carbons (Fsp3) is 0.696. The van der Waals surface area contributed by atoms with Gasteiger partial charge >= 0.3 is 0 Å². The summed E-state index contributed by atoms with van der Waals surface area (Å²) in [6.07, 6.45) is 4.42. The van der Waals surface area contributed by atoms with Crippen LogP contribution in [-0.4, -0.2) is 69.0 Å². The summed E-state index contributed by atoms with van der Waals surface area (Å²) >= 11 is 6.39. The normalized spacial score (nSPS) is 22.6. The topological polar surface area (TPSA) is 60.0 Å². The number of nitrogens with zero attached hydrogens (tertiary/aromatic N) is 1. The summed E-state index contributed by atoms with van der Waals surface area (Å²) in [4.78, 5) is 14.7. The molecule has 168 valence electrons. The average molecular weight is 439 g/mol. The lowest BCUT2D eigenvalue weighted by atomic mass is 9.87. The number of hydrogen-bond donors (Lipinski definition) is 1. The van der Waals surface area contributed by atoms with Gasteiger partial charge in [0.05, 0.1) is 17.2 Å². The van der Waals surface area contributed by atoms with Crippen molar-refractivity contribution in [3.8, 4) is 5.75 Å². The van der Waals surface area contributed by atoms with Crippen molar-refractivity contribution in [1.29, 1.82) is 0 Å². The van der Waals surface area contributed by atoms with E-state index in [0.717, 1.165) is 51.9 Å². The highest BCUT2D eigenvalue weighted by Gasteiger charge is 2.31. The molecule has 2 aliphatic rings. The molecule has 1 N–H and O–H groups in total. The summed E-state index contributed by atoms with van der Waals surface area (Å²) < 4.78 is 17.0. The molecule has 2 fully saturated rings. The Balaban J connectivity index is 1.45. The van der Waals surface area contributed by atoms with Gasteiger partial charge in [0, 0.05) is 45.5 Å². The number of carbonyl (C=O) groups is 1. The van der Waals surface area contributed by atoms with Crippen LogP contribution in [0.15, 0.2) is 18.2 Å². The first-order chi connectivity index (χ1) is 14.4. The number of nitrogens with one attached hydrogen (secondary N) is 1. The second kappa shape index (κ2) is 10.8. The summed E-state index contributed by atoms with van der Waals surface area (Å²) in [5, 5.41) is 3.27. The lowest BCUT2D eigenvalue weighted by molar-refractivity contribution is -0.0782. The van der Waals surface area contributed by atoms with Crippen molar-refractivity contribution in [3.05, 3.63) is 28.8 Å². The number of carbonyl (C=O) groups excluding carboxylic acids is 1. The molecule has 6 nitrogen and oxygen atoms in total. The fourth-order valence-corrected chi connectivity index (χ4v) is 4.60. The number of hydrogen-bond acceptors (Lipinski definition) is 5. The van der Waals surface area contributed by atoms with E-state index < -0.39 is 0 Å². The summed E-state index contributed by atoms with van der Waals surface area (Å²) in [6.45, 7) is 9.43. The van der Waals surface area contributed by atoms with Crippen LogP contribution in [-0.2, 0) is 9.47 Å². The first kappa shape index (κ1) is 23.3. The third-order valence-electron chi connectivity index (χ3n) is 5.93. The van der Waals surface area contributed by atoms with Crippen LogP contribution in [0.4, 0.5) is 0 Å². The van der Waals surface area contributed by atoms with Crippen molar-refractivity contribution < 1.29 is 19.0 Å². The number of benzene rings is 1. The van der Waals surface area contributed by atoms with E-state index in [0.29, 0.717) is 35.4 Å². The van der Waals surface area contributed by atoms with Crippen LogP contribution in [0.3, 0.4) is 0 Å². The van der Waals surface area contributed by atoms with E-state index in [1.165, 1.54) is 0 Å². The van der Waals surface area contributed by atoms with E-state index in [4.69, 9.17) is 25.8 Å². The second-order valence-electron chi connectivity index (χ2n) is 8.98. The third-order valence-corrected chi connectivity index (χ3v) is 6.22. The van der Waals surface area contributed by atoms with Gasteiger partial charge in [-0.05, 0) is 63.6 Å². The predicted molar refractivity (Wildman–Crippen MR) is 119 cm³/mol. The number of halogens is 1. The Hall–Kier alpha value is -1.34. The van der Waals surface area contributed by atoms with Gasteiger partial charge in [-0.25, -0.2) is 0 Å². The first-order valence-corrected chi connectivity index (χ1v) is 11.3. The van der Waals surface area contributed by atoms with Crippen LogP contribution in [0, 0.1) is 5.92 Å². The molecule has 1 amide bonds. The molecule has 3 rings (SSSR count). The predicted octanol–water partition coefficient (Wildman–Crippen LogP) is 3.76. The third kappa shape index (κ3) is 6.84. The molecule has 1 aromatic carbocycles. The molecule has 0 radical (unpaired) electrons. The van der Waals surface area contributed by atoms with Crippen LogP contribution in [0.2, 0.25) is 5.02 Å². The molecular formula is C23H35ClN2O4. The molecule has 2 saturated heterocycles. The molecule has 0 aliphatic carbocycles. The van der Waals surface area contributed by atoms with Gasteiger partial charge in [0.2, 0.25) is 0 Å². The molecule has 1 atom stereocenters. The number of rotatable bonds is 8. The van der Waals surface area contributed by atoms with Gasteiger partial charge in [-0.3, -0.25) is 4.79 Å². The molecule has 0 aromatic heterocycles. The quantitative estimate of drug-likeness (QED) is 0.626. The van der Waals surface area contributed by atoms with Gasteiger partial charge in [0.15, 0.2) is 0 Å². The van der Waals surface area contributed by atoms with Crippen molar-refractivity contribution in [2.24, 2.45) is 5.92 Å². The van der Waals surface area contributed by atoms with E-state index in [9.17, 15) is 4.79 Å². The monoisotopic (exact) mass is 438 g/mol. The van der Waals surface area contributed by atoms with Crippen LogP contribution in [0.25, 0.3) is 0 Å². The molecule has 2 aliphatic heterocycles. The minimum Gasteiger partial charge on any atom is -0.489 e. The van der Waals surface area contributed by atoms with E-state index in [1.807, 2.05) is 0 Å². The maximum atomic E-state index is 12.1. The van der Waals surface area contributed by atoms with Crippen molar-refractivity contribution >= 4 is 17.5 Å². The zero-order chi connectivity index (χ0) is 21.6. The van der Waals surface area contributed by atoms with E-state index >= 15 is 0 Å². The standard InChI is InChI=1S/C23H35ClN2O4/c1-23(2)15-17(8-12-29-23)16-26-10-6-19(7-11-26)30-21-5-4-18(14-20(21)24)22(27)25-9-13-28-3/h4-5,14,17,19H,6-13,15-16H2,1-3H3,(H,25,27). The van der Waals surface area contributed by atoms with Crippen molar-refractivity contribution in [2.75, 3.05) is 46.5 Å². The van der Waals surface area contributed by atoms with Crippen molar-refractivity contribution in [1.82, 2.24) is 10.2 Å². The van der Waals surface area contributed by atoms with Crippen molar-refractivity contribution in [3.63, 3.8) is 0 Å². The van der Waals surface area contributed by atoms with E-state index in [1.54, 1.807) is 25.3 Å². The van der Waals surface area contributed by atoms with Gasteiger partial charge < -0.3 is 24.4 Å². The van der Waals surface area contributed by atoms with Crippen LogP contribution in [0.1, 0.15) is 49.9 Å². The number of ether oxygens (including phenoxy) is 3.